The van der Waals surface area contributed by atoms with Crippen molar-refractivity contribution in [1.82, 2.24) is 16.1 Å². The van der Waals surface area contributed by atoms with Crippen LogP contribution in [0.1, 0.15) is 32.1 Å². The molecule has 2 aliphatic rings. The number of rotatable bonds is 1. The van der Waals surface area contributed by atoms with Crippen molar-refractivity contribution in [2.75, 3.05) is 0 Å². The van der Waals surface area contributed by atoms with Gasteiger partial charge in [-0.25, -0.2) is 5.53 Å². The van der Waals surface area contributed by atoms with Crippen LogP contribution in [0.5, 0.6) is 0 Å². The summed E-state index contributed by atoms with van der Waals surface area (Å²) in [7, 11) is 0. The zero-order chi connectivity index (χ0) is 10.9. The van der Waals surface area contributed by atoms with Crippen LogP contribution in [0, 0.1) is 0 Å². The molecule has 0 radical (unpaired) electrons. The summed E-state index contributed by atoms with van der Waals surface area (Å²) >= 11 is 0. The molecule has 0 unspecified atom stereocenters. The minimum atomic E-state index is -4.39. The molecule has 7 heteroatoms. The molecule has 4 nitrogen and oxygen atoms in total. The van der Waals surface area contributed by atoms with Crippen molar-refractivity contribution in [1.29, 1.82) is 0 Å². The number of nitrogens with zero attached hydrogens (tertiary/aromatic N) is 2. The van der Waals surface area contributed by atoms with Crippen LogP contribution >= 0.6 is 0 Å². The quantitative estimate of drug-likeness (QED) is 0.706. The van der Waals surface area contributed by atoms with Crippen molar-refractivity contribution in [2.45, 2.75) is 44.3 Å². The summed E-state index contributed by atoms with van der Waals surface area (Å²) in [6.07, 6.45) is 0.236. The van der Waals surface area contributed by atoms with E-state index in [2.05, 4.69) is 16.2 Å². The highest BCUT2D eigenvalue weighted by Crippen LogP contribution is 2.27. The number of alkyl halides is 3. The second-order valence-corrected chi connectivity index (χ2v) is 3.82. The zero-order valence-corrected chi connectivity index (χ0v) is 8.14. The lowest BCUT2D eigenvalue weighted by molar-refractivity contribution is -0.0722. The number of halogens is 3. The minimum Gasteiger partial charge on any atom is -0.264 e. The molecule has 86 valence electrons. The Balaban J connectivity index is 2.06. The first-order valence-electron chi connectivity index (χ1n) is 5.04. The van der Waals surface area contributed by atoms with Gasteiger partial charge in [0.05, 0.1) is 0 Å². The standard InChI is InChI=1S/C8H13F3N4/c9-8(10,11)7-12-13-14-15(7)6-4-2-1-3-5-6/h6,13-14H,1-5H2. The highest BCUT2D eigenvalue weighted by molar-refractivity contribution is 5.88. The van der Waals surface area contributed by atoms with Crippen LogP contribution in [-0.2, 0) is 0 Å². The van der Waals surface area contributed by atoms with E-state index in [4.69, 9.17) is 0 Å². The van der Waals surface area contributed by atoms with E-state index in [-0.39, 0.29) is 6.04 Å². The smallest absolute Gasteiger partial charge is 0.264 e. The largest absolute Gasteiger partial charge is 0.452 e. The fraction of sp³-hybridized carbons (Fsp3) is 0.875. The molecule has 0 atom stereocenters. The first kappa shape index (κ1) is 10.5. The van der Waals surface area contributed by atoms with Gasteiger partial charge < -0.3 is 0 Å². The van der Waals surface area contributed by atoms with Crippen LogP contribution in [0.25, 0.3) is 0 Å². The Morgan fingerprint density at radius 2 is 1.87 bits per heavy atom. The summed E-state index contributed by atoms with van der Waals surface area (Å²) in [5, 5.41) is 4.33. The second kappa shape index (κ2) is 3.88. The maximum atomic E-state index is 12.5. The molecular weight excluding hydrogens is 209 g/mol. The molecule has 1 aliphatic carbocycles. The van der Waals surface area contributed by atoms with Crippen molar-refractivity contribution in [3.8, 4) is 0 Å². The Morgan fingerprint density at radius 3 is 2.47 bits per heavy atom. The molecule has 0 aromatic heterocycles. The molecule has 2 N–H and O–H groups in total. The summed E-state index contributed by atoms with van der Waals surface area (Å²) in [4.78, 5) is 0. The second-order valence-electron chi connectivity index (χ2n) is 3.82. The molecular formula is C8H13F3N4. The summed E-state index contributed by atoms with van der Waals surface area (Å²) in [5.41, 5.74) is 4.61. The van der Waals surface area contributed by atoms with Gasteiger partial charge >= 0.3 is 6.18 Å². The molecule has 0 spiro atoms. The summed E-state index contributed by atoms with van der Waals surface area (Å²) in [6.45, 7) is 0. The Morgan fingerprint density at radius 1 is 1.20 bits per heavy atom. The highest BCUT2D eigenvalue weighted by Gasteiger charge is 2.45. The lowest BCUT2D eigenvalue weighted by atomic mass is 9.95. The Kier molecular flexibility index (Phi) is 2.72. The van der Waals surface area contributed by atoms with Gasteiger partial charge in [-0.15, -0.1) is 10.6 Å². The third-order valence-corrected chi connectivity index (χ3v) is 2.75. The van der Waals surface area contributed by atoms with Crippen LogP contribution in [0.15, 0.2) is 5.10 Å². The van der Waals surface area contributed by atoms with Crippen molar-refractivity contribution in [2.24, 2.45) is 5.10 Å². The Hall–Kier alpha value is -0.980. The van der Waals surface area contributed by atoms with Gasteiger partial charge in [0.1, 0.15) is 0 Å². The van der Waals surface area contributed by atoms with Gasteiger partial charge in [0.25, 0.3) is 0 Å². The maximum absolute atomic E-state index is 12.5. The number of amidine groups is 1. The molecule has 0 bridgehead atoms. The summed E-state index contributed by atoms with van der Waals surface area (Å²) < 4.78 is 37.5. The fourth-order valence-electron chi connectivity index (χ4n) is 2.04. The third-order valence-electron chi connectivity index (χ3n) is 2.75. The number of nitrogens with one attached hydrogen (secondary N) is 2. The average molecular weight is 222 g/mol. The molecule has 0 aromatic carbocycles. The monoisotopic (exact) mass is 222 g/mol. The maximum Gasteiger partial charge on any atom is 0.452 e. The molecule has 15 heavy (non-hydrogen) atoms. The Bertz CT molecular complexity index is 257. The predicted octanol–water partition coefficient (Wildman–Crippen LogP) is 1.52. The van der Waals surface area contributed by atoms with Crippen LogP contribution in [0.2, 0.25) is 0 Å². The molecule has 1 aliphatic heterocycles. The van der Waals surface area contributed by atoms with Crippen molar-refractivity contribution >= 4 is 5.84 Å². The molecule has 1 heterocycles. The van der Waals surface area contributed by atoms with Gasteiger partial charge in [0.15, 0.2) is 0 Å². The van der Waals surface area contributed by atoms with Gasteiger partial charge in [-0.3, -0.25) is 5.01 Å². The van der Waals surface area contributed by atoms with E-state index >= 15 is 0 Å². The number of hydrazine groups is 2. The predicted molar refractivity (Wildman–Crippen MR) is 48.5 cm³/mol. The molecule has 1 fully saturated rings. The lowest BCUT2D eigenvalue weighted by Crippen LogP contribution is -2.52. The molecule has 0 amide bonds. The van der Waals surface area contributed by atoms with Crippen molar-refractivity contribution in [3.63, 3.8) is 0 Å². The van der Waals surface area contributed by atoms with E-state index in [9.17, 15) is 13.2 Å². The molecule has 1 saturated carbocycles. The number of hydrazone groups is 1. The fourth-order valence-corrected chi connectivity index (χ4v) is 2.04. The summed E-state index contributed by atoms with van der Waals surface area (Å²) in [5.74, 6) is -0.866. The highest BCUT2D eigenvalue weighted by atomic mass is 19.4. The zero-order valence-electron chi connectivity index (χ0n) is 8.14. The van der Waals surface area contributed by atoms with Gasteiger partial charge in [-0.1, -0.05) is 19.3 Å². The van der Waals surface area contributed by atoms with E-state index in [1.807, 2.05) is 0 Å². The van der Waals surface area contributed by atoms with Gasteiger partial charge in [-0.05, 0) is 12.8 Å². The first-order valence-corrected chi connectivity index (χ1v) is 5.04. The molecule has 0 saturated heterocycles. The van der Waals surface area contributed by atoms with Crippen LogP contribution in [0.4, 0.5) is 13.2 Å². The minimum absolute atomic E-state index is 0.103. The topological polar surface area (TPSA) is 39.7 Å². The molecule has 2 rings (SSSR count). The SMILES string of the molecule is FC(F)(F)C1=NNNN1C1CCCCC1. The van der Waals surface area contributed by atoms with Crippen molar-refractivity contribution in [3.05, 3.63) is 0 Å². The third kappa shape index (κ3) is 2.17. The normalized spacial score (nSPS) is 23.9. The van der Waals surface area contributed by atoms with E-state index in [0.29, 0.717) is 0 Å². The number of hydrogen-bond acceptors (Lipinski definition) is 4. The van der Waals surface area contributed by atoms with Crippen LogP contribution < -0.4 is 11.1 Å². The average Bonchev–Trinajstić information content (AvgIpc) is 2.67. The van der Waals surface area contributed by atoms with E-state index in [0.717, 1.165) is 37.1 Å². The first-order chi connectivity index (χ1) is 7.09. The van der Waals surface area contributed by atoms with E-state index in [1.54, 1.807) is 0 Å². The van der Waals surface area contributed by atoms with Crippen molar-refractivity contribution < 1.29 is 13.2 Å². The van der Waals surface area contributed by atoms with Gasteiger partial charge in [0, 0.05) is 6.04 Å². The van der Waals surface area contributed by atoms with Gasteiger partial charge in [0.2, 0.25) is 5.84 Å². The number of hydrogen-bond donors (Lipinski definition) is 2. The van der Waals surface area contributed by atoms with Crippen LogP contribution in [-0.4, -0.2) is 23.1 Å². The van der Waals surface area contributed by atoms with E-state index < -0.39 is 12.0 Å². The van der Waals surface area contributed by atoms with Gasteiger partial charge in [-0.2, -0.15) is 13.2 Å². The lowest BCUT2D eigenvalue weighted by Gasteiger charge is -2.32. The van der Waals surface area contributed by atoms with Crippen LogP contribution in [0.3, 0.4) is 0 Å². The van der Waals surface area contributed by atoms with E-state index in [1.165, 1.54) is 0 Å². The molecule has 0 aromatic rings. The Labute approximate surface area is 85.4 Å². The summed E-state index contributed by atoms with van der Waals surface area (Å²) in [6, 6.07) is -0.103.